The number of methoxy groups -OCH3 is 1. The second kappa shape index (κ2) is 4.51. The van der Waals surface area contributed by atoms with Gasteiger partial charge in [-0.15, -0.1) is 0 Å². The van der Waals surface area contributed by atoms with E-state index in [2.05, 4.69) is 12.6 Å². The van der Waals surface area contributed by atoms with E-state index >= 15 is 0 Å². The van der Waals surface area contributed by atoms with E-state index in [9.17, 15) is 0 Å². The smallest absolute Gasteiger partial charge is 0.122 e. The van der Waals surface area contributed by atoms with Crippen molar-refractivity contribution in [2.45, 2.75) is 6.92 Å². The maximum absolute atomic E-state index is 5.21. The van der Waals surface area contributed by atoms with Gasteiger partial charge in [0.25, 0.3) is 0 Å². The van der Waals surface area contributed by atoms with Crippen LogP contribution in [0.4, 0.5) is 0 Å². The van der Waals surface area contributed by atoms with Gasteiger partial charge in [-0.1, -0.05) is 36.9 Å². The van der Waals surface area contributed by atoms with Crippen molar-refractivity contribution in [2.24, 2.45) is 0 Å². The first-order valence-electron chi connectivity index (χ1n) is 4.22. The van der Waals surface area contributed by atoms with Crippen molar-refractivity contribution in [3.05, 3.63) is 48.1 Å². The van der Waals surface area contributed by atoms with E-state index in [0.717, 1.165) is 11.3 Å². The van der Waals surface area contributed by atoms with Crippen LogP contribution in [0.5, 0.6) is 5.75 Å². The van der Waals surface area contributed by atoms with Crippen molar-refractivity contribution < 1.29 is 4.74 Å². The molecule has 0 saturated carbocycles. The molecule has 0 atom stereocenters. The highest BCUT2D eigenvalue weighted by Crippen LogP contribution is 2.21. The lowest BCUT2D eigenvalue weighted by molar-refractivity contribution is 0.411. The normalized spacial score (nSPS) is 10.3. The van der Waals surface area contributed by atoms with Crippen LogP contribution in [0.3, 0.4) is 0 Å². The summed E-state index contributed by atoms with van der Waals surface area (Å²) >= 11 is 0. The van der Waals surface area contributed by atoms with E-state index in [4.69, 9.17) is 4.74 Å². The number of rotatable bonds is 3. The molecule has 0 aliphatic carbocycles. The van der Waals surface area contributed by atoms with Gasteiger partial charge in [0.2, 0.25) is 0 Å². The molecule has 0 aliphatic heterocycles. The molecule has 0 aliphatic rings. The van der Waals surface area contributed by atoms with Crippen LogP contribution < -0.4 is 4.74 Å². The van der Waals surface area contributed by atoms with Gasteiger partial charge in [-0.05, 0) is 24.1 Å². The molecule has 1 rings (SSSR count). The van der Waals surface area contributed by atoms with Crippen LogP contribution >= 0.6 is 0 Å². The van der Waals surface area contributed by atoms with Gasteiger partial charge in [-0.3, -0.25) is 0 Å². The highest BCUT2D eigenvalue weighted by molar-refractivity contribution is 5.58. The van der Waals surface area contributed by atoms with Crippen molar-refractivity contribution in [3.8, 4) is 5.75 Å². The molecule has 0 heterocycles. The molecule has 0 aromatic heterocycles. The highest BCUT2D eigenvalue weighted by atomic mass is 16.5. The number of benzene rings is 1. The molecule has 0 spiro atoms. The van der Waals surface area contributed by atoms with E-state index in [1.165, 1.54) is 5.56 Å². The number of ether oxygens (including phenoxy) is 1. The van der Waals surface area contributed by atoms with Crippen molar-refractivity contribution >= 4 is 6.08 Å². The van der Waals surface area contributed by atoms with Crippen LogP contribution in [0.2, 0.25) is 0 Å². The first kappa shape index (κ1) is 9.59. The summed E-state index contributed by atoms with van der Waals surface area (Å²) < 4.78 is 5.21. The Balaban J connectivity index is 3.07. The summed E-state index contributed by atoms with van der Waals surface area (Å²) in [5.74, 6) is 0.922. The fraction of sp³-hybridized carbons (Fsp3) is 0.167. The quantitative estimate of drug-likeness (QED) is 0.639. The highest BCUT2D eigenvalue weighted by Gasteiger charge is 1.99. The standard InChI is InChI=1S/C12H14O/c1-4-5-7-11-8-6-9-12(13-3)10(11)2/h4-9H,1H2,2-3H3/b7-5-. The largest absolute Gasteiger partial charge is 0.496 e. The minimum absolute atomic E-state index is 0.922. The summed E-state index contributed by atoms with van der Waals surface area (Å²) in [7, 11) is 1.68. The lowest BCUT2D eigenvalue weighted by Crippen LogP contribution is -1.88. The molecule has 0 bridgehead atoms. The predicted octanol–water partition coefficient (Wildman–Crippen LogP) is 3.20. The topological polar surface area (TPSA) is 9.23 Å². The number of hydrogen-bond acceptors (Lipinski definition) is 1. The fourth-order valence-electron chi connectivity index (χ4n) is 1.20. The maximum Gasteiger partial charge on any atom is 0.122 e. The van der Waals surface area contributed by atoms with E-state index in [-0.39, 0.29) is 0 Å². The molecular formula is C12H14O. The Bertz CT molecular complexity index is 324. The summed E-state index contributed by atoms with van der Waals surface area (Å²) in [5.41, 5.74) is 2.32. The lowest BCUT2D eigenvalue weighted by Gasteiger charge is -2.06. The molecule has 0 fully saturated rings. The minimum atomic E-state index is 0.922. The summed E-state index contributed by atoms with van der Waals surface area (Å²) in [6.45, 7) is 5.67. The zero-order valence-electron chi connectivity index (χ0n) is 8.08. The van der Waals surface area contributed by atoms with Gasteiger partial charge in [0, 0.05) is 0 Å². The second-order valence-electron chi connectivity index (χ2n) is 2.77. The van der Waals surface area contributed by atoms with Gasteiger partial charge in [0.15, 0.2) is 0 Å². The van der Waals surface area contributed by atoms with Crippen molar-refractivity contribution in [2.75, 3.05) is 7.11 Å². The molecule has 1 heteroatoms. The van der Waals surface area contributed by atoms with E-state index in [1.54, 1.807) is 13.2 Å². The van der Waals surface area contributed by atoms with Crippen LogP contribution in [0.1, 0.15) is 11.1 Å². The van der Waals surface area contributed by atoms with Crippen LogP contribution in [-0.2, 0) is 0 Å². The molecule has 68 valence electrons. The van der Waals surface area contributed by atoms with Gasteiger partial charge in [-0.2, -0.15) is 0 Å². The average Bonchev–Trinajstić information content (AvgIpc) is 2.16. The number of hydrogen-bond donors (Lipinski definition) is 0. The van der Waals surface area contributed by atoms with Gasteiger partial charge in [-0.25, -0.2) is 0 Å². The Kier molecular flexibility index (Phi) is 3.32. The molecule has 0 amide bonds. The monoisotopic (exact) mass is 174 g/mol. The van der Waals surface area contributed by atoms with E-state index < -0.39 is 0 Å². The van der Waals surface area contributed by atoms with Crippen molar-refractivity contribution in [1.29, 1.82) is 0 Å². The zero-order valence-corrected chi connectivity index (χ0v) is 8.08. The van der Waals surface area contributed by atoms with Gasteiger partial charge in [0.05, 0.1) is 7.11 Å². The third-order valence-electron chi connectivity index (χ3n) is 1.96. The summed E-state index contributed by atoms with van der Waals surface area (Å²) in [5, 5.41) is 0. The van der Waals surface area contributed by atoms with Gasteiger partial charge in [0.1, 0.15) is 5.75 Å². The fourth-order valence-corrected chi connectivity index (χ4v) is 1.20. The van der Waals surface area contributed by atoms with E-state index in [0.29, 0.717) is 0 Å². The molecular weight excluding hydrogens is 160 g/mol. The first-order valence-corrected chi connectivity index (χ1v) is 4.22. The molecule has 0 radical (unpaired) electrons. The zero-order chi connectivity index (χ0) is 9.68. The molecule has 1 aromatic carbocycles. The third kappa shape index (κ3) is 2.22. The predicted molar refractivity (Wildman–Crippen MR) is 57.0 cm³/mol. The molecule has 0 saturated heterocycles. The Labute approximate surface area is 79.4 Å². The second-order valence-corrected chi connectivity index (χ2v) is 2.77. The molecule has 13 heavy (non-hydrogen) atoms. The van der Waals surface area contributed by atoms with Crippen molar-refractivity contribution in [3.63, 3.8) is 0 Å². The SMILES string of the molecule is C=C/C=C\c1cccc(OC)c1C. The van der Waals surface area contributed by atoms with Crippen LogP contribution in [-0.4, -0.2) is 7.11 Å². The third-order valence-corrected chi connectivity index (χ3v) is 1.96. The first-order chi connectivity index (χ1) is 6.29. The molecule has 0 N–H and O–H groups in total. The summed E-state index contributed by atoms with van der Waals surface area (Å²) in [6, 6.07) is 5.99. The minimum Gasteiger partial charge on any atom is -0.496 e. The van der Waals surface area contributed by atoms with Crippen LogP contribution in [0, 0.1) is 6.92 Å². The van der Waals surface area contributed by atoms with Crippen LogP contribution in [0.15, 0.2) is 36.9 Å². The lowest BCUT2D eigenvalue weighted by atomic mass is 10.1. The Morgan fingerprint density at radius 1 is 1.38 bits per heavy atom. The maximum atomic E-state index is 5.21. The molecule has 1 aromatic rings. The Morgan fingerprint density at radius 3 is 2.77 bits per heavy atom. The van der Waals surface area contributed by atoms with Gasteiger partial charge >= 0.3 is 0 Å². The summed E-state index contributed by atoms with van der Waals surface area (Å²) in [6.07, 6.45) is 5.70. The van der Waals surface area contributed by atoms with Crippen molar-refractivity contribution in [1.82, 2.24) is 0 Å². The average molecular weight is 174 g/mol. The Morgan fingerprint density at radius 2 is 2.15 bits per heavy atom. The molecule has 1 nitrogen and oxygen atoms in total. The van der Waals surface area contributed by atoms with Crippen LogP contribution in [0.25, 0.3) is 6.08 Å². The number of allylic oxidation sites excluding steroid dienone is 2. The molecule has 0 unspecified atom stereocenters. The van der Waals surface area contributed by atoms with Gasteiger partial charge < -0.3 is 4.74 Å². The van der Waals surface area contributed by atoms with E-state index in [1.807, 2.05) is 31.2 Å². The Hall–Kier alpha value is -1.50. The summed E-state index contributed by atoms with van der Waals surface area (Å²) in [4.78, 5) is 0.